The first-order chi connectivity index (χ1) is 25.3. The summed E-state index contributed by atoms with van der Waals surface area (Å²) < 4.78 is 6.65. The molecule has 51 heavy (non-hydrogen) atoms. The second-order valence-corrected chi connectivity index (χ2v) is 12.7. The molecule has 238 valence electrons. The zero-order valence-electron chi connectivity index (χ0n) is 27.4. The largest absolute Gasteiger partial charge is 0.454 e. The lowest BCUT2D eigenvalue weighted by atomic mass is 9.96. The van der Waals surface area contributed by atoms with Gasteiger partial charge in [0.05, 0.1) is 6.20 Å². The van der Waals surface area contributed by atoms with Crippen molar-refractivity contribution in [1.29, 1.82) is 0 Å². The molecule has 0 aliphatic carbocycles. The predicted molar refractivity (Wildman–Crippen MR) is 207 cm³/mol. The first-order valence-corrected chi connectivity index (χ1v) is 17.0. The van der Waals surface area contributed by atoms with Crippen LogP contribution in [0, 0.1) is 0 Å². The van der Waals surface area contributed by atoms with Crippen LogP contribution < -0.4 is 0 Å². The van der Waals surface area contributed by atoms with Crippen LogP contribution in [0.1, 0.15) is 0 Å². The second-order valence-electron chi connectivity index (χ2n) is 12.7. The van der Waals surface area contributed by atoms with Crippen LogP contribution in [0.3, 0.4) is 0 Å². The molecule has 0 radical (unpaired) electrons. The van der Waals surface area contributed by atoms with E-state index < -0.39 is 0 Å². The van der Waals surface area contributed by atoms with Crippen LogP contribution in [-0.4, -0.2) is 19.9 Å². The molecule has 7 aromatic carbocycles. The van der Waals surface area contributed by atoms with Gasteiger partial charge in [-0.1, -0.05) is 152 Å². The fourth-order valence-electron chi connectivity index (χ4n) is 7.10. The Balaban J connectivity index is 1.15. The van der Waals surface area contributed by atoms with E-state index in [0.717, 1.165) is 55.3 Å². The van der Waals surface area contributed by atoms with Gasteiger partial charge in [0.2, 0.25) is 0 Å². The Morgan fingerprint density at radius 3 is 1.73 bits per heavy atom. The number of fused-ring (bicyclic) bond motifs is 6. The molecule has 10 rings (SSSR count). The second kappa shape index (κ2) is 11.9. The molecule has 0 aliphatic heterocycles. The minimum Gasteiger partial charge on any atom is -0.454 e. The van der Waals surface area contributed by atoms with Crippen LogP contribution >= 0.6 is 0 Å². The first kappa shape index (κ1) is 29.0. The predicted octanol–water partition coefficient (Wildman–Crippen LogP) is 11.8. The number of benzene rings is 7. The molecule has 5 heteroatoms. The quantitative estimate of drug-likeness (QED) is 0.173. The van der Waals surface area contributed by atoms with Crippen LogP contribution in [-0.2, 0) is 0 Å². The Labute approximate surface area is 293 Å². The number of aromatic nitrogens is 4. The smallest absolute Gasteiger partial charge is 0.166 e. The molecule has 3 aromatic heterocycles. The van der Waals surface area contributed by atoms with Gasteiger partial charge in [-0.2, -0.15) is 0 Å². The van der Waals surface area contributed by atoms with E-state index in [0.29, 0.717) is 23.1 Å². The minimum atomic E-state index is 0.536. The lowest BCUT2D eigenvalue weighted by molar-refractivity contribution is 0.668. The molecule has 3 heterocycles. The maximum absolute atomic E-state index is 6.65. The molecule has 0 atom stereocenters. The number of rotatable bonds is 5. The summed E-state index contributed by atoms with van der Waals surface area (Å²) in [7, 11) is 0. The number of hydrogen-bond acceptors (Lipinski definition) is 5. The Morgan fingerprint density at radius 2 is 0.941 bits per heavy atom. The molecule has 0 aliphatic rings. The summed E-state index contributed by atoms with van der Waals surface area (Å²) in [6.07, 6.45) is 3.61. The zero-order valence-corrected chi connectivity index (χ0v) is 27.4. The standard InChI is InChI=1S/C46H28N4O/c1-3-10-29(11-4-1)30-18-23-34(24-19-30)45-48-44(33-13-5-2-6-14-33)49-46(50-45)40-27-47-28-41-42(40)38-17-9-16-37(43(38)51-41)35-25-22-32-21-20-31-12-7-8-15-36(31)39(32)26-35/h1-28H. The third-order valence-corrected chi connectivity index (χ3v) is 9.62. The summed E-state index contributed by atoms with van der Waals surface area (Å²) in [5.74, 6) is 1.72. The van der Waals surface area contributed by atoms with Crippen molar-refractivity contribution in [3.63, 3.8) is 0 Å². The number of hydrogen-bond donors (Lipinski definition) is 0. The van der Waals surface area contributed by atoms with Crippen molar-refractivity contribution < 1.29 is 4.42 Å². The van der Waals surface area contributed by atoms with E-state index in [1.807, 2.05) is 54.7 Å². The first-order valence-electron chi connectivity index (χ1n) is 17.0. The van der Waals surface area contributed by atoms with Crippen LogP contribution in [0.15, 0.2) is 175 Å². The number of furan rings is 1. The monoisotopic (exact) mass is 652 g/mol. The maximum Gasteiger partial charge on any atom is 0.166 e. The lowest BCUT2D eigenvalue weighted by Gasteiger charge is -2.10. The highest BCUT2D eigenvalue weighted by Crippen LogP contribution is 2.41. The van der Waals surface area contributed by atoms with Crippen molar-refractivity contribution in [1.82, 2.24) is 19.9 Å². The van der Waals surface area contributed by atoms with Gasteiger partial charge in [-0.15, -0.1) is 0 Å². The van der Waals surface area contributed by atoms with Gasteiger partial charge in [0.15, 0.2) is 23.1 Å². The summed E-state index contributed by atoms with van der Waals surface area (Å²) in [6, 6.07) is 54.6. The third-order valence-electron chi connectivity index (χ3n) is 9.62. The average molecular weight is 653 g/mol. The SMILES string of the molecule is c1ccc(-c2ccc(-c3nc(-c4ccccc4)nc(-c4cncc5oc6c(-c7ccc8ccc9ccccc9c8c7)cccc6c45)n3)cc2)cc1. The van der Waals surface area contributed by atoms with Gasteiger partial charge in [-0.05, 0) is 44.3 Å². The van der Waals surface area contributed by atoms with Crippen molar-refractivity contribution in [2.75, 3.05) is 0 Å². The summed E-state index contributed by atoms with van der Waals surface area (Å²) in [5, 5.41) is 6.77. The molecule has 0 N–H and O–H groups in total. The minimum absolute atomic E-state index is 0.536. The molecule has 5 nitrogen and oxygen atoms in total. The molecular formula is C46H28N4O. The summed E-state index contributed by atoms with van der Waals surface area (Å²) in [4.78, 5) is 19.7. The lowest BCUT2D eigenvalue weighted by Crippen LogP contribution is -2.00. The van der Waals surface area contributed by atoms with Gasteiger partial charge >= 0.3 is 0 Å². The van der Waals surface area contributed by atoms with Crippen LogP contribution in [0.2, 0.25) is 0 Å². The molecule has 0 bridgehead atoms. The normalized spacial score (nSPS) is 11.5. The summed E-state index contributed by atoms with van der Waals surface area (Å²) in [5.41, 5.74) is 8.47. The Kier molecular flexibility index (Phi) is 6.74. The molecule has 0 saturated carbocycles. The molecule has 0 unspecified atom stereocenters. The third kappa shape index (κ3) is 5.03. The Morgan fingerprint density at radius 1 is 0.373 bits per heavy atom. The number of para-hydroxylation sites is 1. The molecule has 0 saturated heterocycles. The summed E-state index contributed by atoms with van der Waals surface area (Å²) >= 11 is 0. The van der Waals surface area contributed by atoms with E-state index in [4.69, 9.17) is 19.4 Å². The van der Waals surface area contributed by atoms with E-state index in [1.165, 1.54) is 21.5 Å². The van der Waals surface area contributed by atoms with E-state index in [2.05, 4.69) is 114 Å². The van der Waals surface area contributed by atoms with Crippen molar-refractivity contribution in [2.24, 2.45) is 0 Å². The Hall–Kier alpha value is -6.98. The van der Waals surface area contributed by atoms with E-state index in [-0.39, 0.29) is 0 Å². The van der Waals surface area contributed by atoms with Crippen molar-refractivity contribution in [3.8, 4) is 56.4 Å². The van der Waals surface area contributed by atoms with Crippen LogP contribution in [0.25, 0.3) is 99.9 Å². The van der Waals surface area contributed by atoms with Crippen molar-refractivity contribution in [3.05, 3.63) is 170 Å². The number of pyridine rings is 1. The van der Waals surface area contributed by atoms with Gasteiger partial charge in [0, 0.05) is 39.2 Å². The van der Waals surface area contributed by atoms with E-state index >= 15 is 0 Å². The molecular weight excluding hydrogens is 625 g/mol. The average Bonchev–Trinajstić information content (AvgIpc) is 3.60. The highest BCUT2D eigenvalue weighted by atomic mass is 16.3. The van der Waals surface area contributed by atoms with Crippen molar-refractivity contribution >= 4 is 43.5 Å². The fraction of sp³-hybridized carbons (Fsp3) is 0. The fourth-order valence-corrected chi connectivity index (χ4v) is 7.10. The van der Waals surface area contributed by atoms with E-state index in [9.17, 15) is 0 Å². The summed E-state index contributed by atoms with van der Waals surface area (Å²) in [6.45, 7) is 0. The molecule has 0 spiro atoms. The molecule has 10 aromatic rings. The van der Waals surface area contributed by atoms with Gasteiger partial charge in [0.25, 0.3) is 0 Å². The highest BCUT2D eigenvalue weighted by molar-refractivity contribution is 6.15. The van der Waals surface area contributed by atoms with Crippen LogP contribution in [0.4, 0.5) is 0 Å². The van der Waals surface area contributed by atoms with Crippen LogP contribution in [0.5, 0.6) is 0 Å². The van der Waals surface area contributed by atoms with Gasteiger partial charge in [-0.25, -0.2) is 15.0 Å². The maximum atomic E-state index is 6.65. The molecule has 0 amide bonds. The Bertz CT molecular complexity index is 2900. The number of nitrogens with zero attached hydrogens (tertiary/aromatic N) is 4. The van der Waals surface area contributed by atoms with Gasteiger partial charge in [0.1, 0.15) is 5.58 Å². The van der Waals surface area contributed by atoms with Gasteiger partial charge < -0.3 is 4.42 Å². The topological polar surface area (TPSA) is 64.7 Å². The van der Waals surface area contributed by atoms with Gasteiger partial charge in [-0.3, -0.25) is 4.98 Å². The molecule has 0 fully saturated rings. The zero-order chi connectivity index (χ0) is 33.7. The van der Waals surface area contributed by atoms with Crippen molar-refractivity contribution in [2.45, 2.75) is 0 Å². The van der Waals surface area contributed by atoms with E-state index in [1.54, 1.807) is 6.20 Å². The highest BCUT2D eigenvalue weighted by Gasteiger charge is 2.20.